The van der Waals surface area contributed by atoms with E-state index in [1.54, 1.807) is 12.1 Å². The van der Waals surface area contributed by atoms with Crippen molar-refractivity contribution < 1.29 is 27.4 Å². The first-order valence-corrected chi connectivity index (χ1v) is 8.66. The summed E-state index contributed by atoms with van der Waals surface area (Å²) in [5, 5.41) is 13.6. The van der Waals surface area contributed by atoms with Crippen molar-refractivity contribution in [2.24, 2.45) is 5.41 Å². The van der Waals surface area contributed by atoms with Gasteiger partial charge in [0.05, 0.1) is 17.8 Å². The predicted octanol–water partition coefficient (Wildman–Crippen LogP) is 5.32. The molecule has 0 saturated carbocycles. The Labute approximate surface area is 163 Å². The van der Waals surface area contributed by atoms with Crippen LogP contribution in [0.4, 0.5) is 29.3 Å². The van der Waals surface area contributed by atoms with Crippen molar-refractivity contribution in [2.45, 2.75) is 59.4 Å². The number of amides is 1. The molecule has 1 unspecified atom stereocenters. The van der Waals surface area contributed by atoms with E-state index >= 15 is 0 Å². The molecule has 0 fully saturated rings. The molecule has 1 amide bonds. The molecule has 9 heteroatoms. The number of benzene rings is 1. The molecule has 0 aliphatic carbocycles. The Balaban J connectivity index is 0.000000568. The van der Waals surface area contributed by atoms with Crippen molar-refractivity contribution in [1.29, 1.82) is 5.26 Å². The first-order chi connectivity index (χ1) is 12.6. The summed E-state index contributed by atoms with van der Waals surface area (Å²) in [6.45, 7) is 9.66. The number of carbonyl (C=O) groups excluding carboxylic acids is 1. The van der Waals surface area contributed by atoms with Crippen molar-refractivity contribution >= 4 is 17.5 Å². The SMILES string of the molecule is CC(C)(C)C#N.CC1COc2ccc(NC(=O)OC(C)(C)C(F)(F)F)cc2N1. The van der Waals surface area contributed by atoms with E-state index in [-0.39, 0.29) is 11.5 Å². The van der Waals surface area contributed by atoms with Crippen molar-refractivity contribution in [1.82, 2.24) is 0 Å². The van der Waals surface area contributed by atoms with Crippen LogP contribution in [0.5, 0.6) is 5.75 Å². The summed E-state index contributed by atoms with van der Waals surface area (Å²) in [4.78, 5) is 11.6. The summed E-state index contributed by atoms with van der Waals surface area (Å²) < 4.78 is 47.9. The summed E-state index contributed by atoms with van der Waals surface area (Å²) in [6.07, 6.45) is -5.82. The van der Waals surface area contributed by atoms with E-state index in [1.807, 2.05) is 27.7 Å². The largest absolute Gasteiger partial charge is 0.489 e. The lowest BCUT2D eigenvalue weighted by Gasteiger charge is -2.28. The van der Waals surface area contributed by atoms with Crippen molar-refractivity contribution in [2.75, 3.05) is 17.2 Å². The molecule has 1 heterocycles. The van der Waals surface area contributed by atoms with Crippen LogP contribution < -0.4 is 15.4 Å². The van der Waals surface area contributed by atoms with Gasteiger partial charge in [-0.1, -0.05) is 0 Å². The summed E-state index contributed by atoms with van der Waals surface area (Å²) in [5.74, 6) is 0.618. The fourth-order valence-electron chi connectivity index (χ4n) is 1.80. The zero-order valence-corrected chi connectivity index (χ0v) is 16.8. The average molecular weight is 401 g/mol. The van der Waals surface area contributed by atoms with E-state index in [0.717, 1.165) is 13.8 Å². The number of hydrogen-bond acceptors (Lipinski definition) is 5. The molecule has 156 valence electrons. The fraction of sp³-hybridized carbons (Fsp3) is 0.579. The third-order valence-electron chi connectivity index (χ3n) is 3.48. The molecule has 0 aromatic heterocycles. The number of fused-ring (bicyclic) bond motifs is 1. The highest BCUT2D eigenvalue weighted by atomic mass is 19.4. The minimum atomic E-state index is -4.65. The first-order valence-electron chi connectivity index (χ1n) is 8.66. The van der Waals surface area contributed by atoms with Crippen LogP contribution >= 0.6 is 0 Å². The molecule has 1 aliphatic rings. The monoisotopic (exact) mass is 401 g/mol. The van der Waals surface area contributed by atoms with Gasteiger partial charge >= 0.3 is 12.3 Å². The molecule has 0 spiro atoms. The van der Waals surface area contributed by atoms with Crippen molar-refractivity contribution in [3.05, 3.63) is 18.2 Å². The average Bonchev–Trinajstić information content (AvgIpc) is 2.52. The van der Waals surface area contributed by atoms with Gasteiger partial charge in [0.2, 0.25) is 5.60 Å². The second-order valence-corrected chi connectivity index (χ2v) is 7.95. The smallest absolute Gasteiger partial charge is 0.427 e. The minimum Gasteiger partial charge on any atom is -0.489 e. The summed E-state index contributed by atoms with van der Waals surface area (Å²) in [5.41, 5.74) is -1.75. The van der Waals surface area contributed by atoms with E-state index in [4.69, 9.17) is 10.00 Å². The number of hydrogen-bond donors (Lipinski definition) is 2. The molecule has 2 N–H and O–H groups in total. The highest BCUT2D eigenvalue weighted by molar-refractivity contribution is 5.86. The molecular weight excluding hydrogens is 375 g/mol. The summed E-state index contributed by atoms with van der Waals surface area (Å²) in [7, 11) is 0. The van der Waals surface area contributed by atoms with Gasteiger partial charge in [-0.25, -0.2) is 4.79 Å². The highest BCUT2D eigenvalue weighted by Crippen LogP contribution is 2.34. The maximum Gasteiger partial charge on any atom is 0.427 e. The van der Waals surface area contributed by atoms with Crippen LogP contribution in [0, 0.1) is 16.7 Å². The van der Waals surface area contributed by atoms with Gasteiger partial charge < -0.3 is 14.8 Å². The highest BCUT2D eigenvalue weighted by Gasteiger charge is 2.50. The van der Waals surface area contributed by atoms with Crippen LogP contribution in [0.15, 0.2) is 18.2 Å². The Morgan fingerprint density at radius 3 is 2.36 bits per heavy atom. The lowest BCUT2D eigenvalue weighted by molar-refractivity contribution is -0.242. The fourth-order valence-corrected chi connectivity index (χ4v) is 1.80. The van der Waals surface area contributed by atoms with Gasteiger partial charge in [0, 0.05) is 11.1 Å². The molecule has 1 aromatic carbocycles. The molecule has 6 nitrogen and oxygen atoms in total. The van der Waals surface area contributed by atoms with Crippen molar-refractivity contribution in [3.63, 3.8) is 0 Å². The lowest BCUT2D eigenvalue weighted by Crippen LogP contribution is -2.44. The Kier molecular flexibility index (Phi) is 7.18. The number of nitrogens with zero attached hydrogens (tertiary/aromatic N) is 1. The lowest BCUT2D eigenvalue weighted by atomic mass is 10.0. The zero-order valence-electron chi connectivity index (χ0n) is 16.8. The molecule has 1 atom stereocenters. The number of nitriles is 1. The predicted molar refractivity (Wildman–Crippen MR) is 100 cm³/mol. The van der Waals surface area contributed by atoms with Crippen LogP contribution in [-0.4, -0.2) is 30.5 Å². The Morgan fingerprint density at radius 1 is 1.29 bits per heavy atom. The first kappa shape index (κ1) is 23.4. The molecule has 0 saturated heterocycles. The third kappa shape index (κ3) is 7.18. The standard InChI is InChI=1S/C14H17F3N2O3.C5H9N/c1-8-7-21-11-5-4-9(6-10(11)18-8)19-12(20)22-13(2,3)14(15,16)17;1-5(2,3)4-6/h4-6,8,18H,7H2,1-3H3,(H,19,20);1-3H3. The van der Waals surface area contributed by atoms with Crippen LogP contribution in [0.25, 0.3) is 0 Å². The quantitative estimate of drug-likeness (QED) is 0.700. The van der Waals surface area contributed by atoms with Crippen LogP contribution in [0.1, 0.15) is 41.5 Å². The second kappa shape index (κ2) is 8.59. The topological polar surface area (TPSA) is 83.4 Å². The number of anilines is 2. The van der Waals surface area contributed by atoms with Gasteiger partial charge in [0.1, 0.15) is 12.4 Å². The van der Waals surface area contributed by atoms with Gasteiger partial charge in [-0.15, -0.1) is 0 Å². The Hall–Kier alpha value is -2.63. The van der Waals surface area contributed by atoms with E-state index in [1.165, 1.54) is 6.07 Å². The Morgan fingerprint density at radius 2 is 1.86 bits per heavy atom. The van der Waals surface area contributed by atoms with Gasteiger partial charge in [-0.3, -0.25) is 5.32 Å². The Bertz CT molecular complexity index is 735. The number of nitrogens with one attached hydrogen (secondary N) is 2. The molecule has 0 bridgehead atoms. The normalized spacial score (nSPS) is 16.2. The van der Waals surface area contributed by atoms with Crippen LogP contribution in [0.2, 0.25) is 0 Å². The molecule has 0 radical (unpaired) electrons. The van der Waals surface area contributed by atoms with Crippen molar-refractivity contribution in [3.8, 4) is 11.8 Å². The van der Waals surface area contributed by atoms with Crippen LogP contribution in [0.3, 0.4) is 0 Å². The molecule has 28 heavy (non-hydrogen) atoms. The van der Waals surface area contributed by atoms with E-state index in [2.05, 4.69) is 21.4 Å². The van der Waals surface area contributed by atoms with E-state index in [0.29, 0.717) is 23.7 Å². The number of alkyl halides is 3. The number of ether oxygens (including phenoxy) is 2. The maximum atomic E-state index is 12.7. The van der Waals surface area contributed by atoms with Crippen LogP contribution in [-0.2, 0) is 4.74 Å². The minimum absolute atomic E-state index is 0.0962. The van der Waals surface area contributed by atoms with E-state index < -0.39 is 17.9 Å². The second-order valence-electron chi connectivity index (χ2n) is 7.95. The summed E-state index contributed by atoms with van der Waals surface area (Å²) >= 11 is 0. The van der Waals surface area contributed by atoms with Gasteiger partial charge in [-0.05, 0) is 59.7 Å². The van der Waals surface area contributed by atoms with Gasteiger partial charge in [-0.2, -0.15) is 18.4 Å². The number of carbonyl (C=O) groups is 1. The summed E-state index contributed by atoms with van der Waals surface area (Å²) in [6, 6.07) is 6.93. The number of rotatable bonds is 2. The number of halogens is 3. The molecule has 1 aromatic rings. The van der Waals surface area contributed by atoms with Gasteiger partial charge in [0.15, 0.2) is 0 Å². The molecule has 1 aliphatic heterocycles. The van der Waals surface area contributed by atoms with Gasteiger partial charge in [0.25, 0.3) is 0 Å². The van der Waals surface area contributed by atoms with E-state index in [9.17, 15) is 18.0 Å². The zero-order chi connectivity index (χ0) is 21.8. The maximum absolute atomic E-state index is 12.7. The molecule has 2 rings (SSSR count). The third-order valence-corrected chi connectivity index (χ3v) is 3.48. The molecular formula is C19H26F3N3O3.